The van der Waals surface area contributed by atoms with E-state index in [0.717, 1.165) is 36.3 Å². The van der Waals surface area contributed by atoms with Crippen molar-refractivity contribution in [3.05, 3.63) is 10.6 Å². The highest BCUT2D eigenvalue weighted by Crippen LogP contribution is 2.27. The van der Waals surface area contributed by atoms with E-state index in [1.54, 1.807) is 0 Å². The summed E-state index contributed by atoms with van der Waals surface area (Å²) in [7, 11) is 0. The second-order valence-corrected chi connectivity index (χ2v) is 6.33. The number of carboxylic acids is 1. The number of aromatic nitrogens is 1. The van der Waals surface area contributed by atoms with Gasteiger partial charge in [-0.15, -0.1) is 11.3 Å². The van der Waals surface area contributed by atoms with Gasteiger partial charge in [0.25, 0.3) is 0 Å². The van der Waals surface area contributed by atoms with Crippen LogP contribution in [-0.2, 0) is 16.0 Å². The van der Waals surface area contributed by atoms with Gasteiger partial charge < -0.3 is 10.4 Å². The van der Waals surface area contributed by atoms with E-state index in [1.165, 1.54) is 17.8 Å². The smallest absolute Gasteiger partial charge is 0.303 e. The van der Waals surface area contributed by atoms with Crippen molar-refractivity contribution in [1.82, 2.24) is 4.98 Å². The highest BCUT2D eigenvalue weighted by atomic mass is 32.1. The fourth-order valence-corrected chi connectivity index (χ4v) is 3.47. The SMILES string of the molecule is Cc1nc(NC(=O)C2CCCCC2)sc1CCC(=O)O. The van der Waals surface area contributed by atoms with Gasteiger partial charge in [-0.25, -0.2) is 4.98 Å². The maximum Gasteiger partial charge on any atom is 0.303 e. The van der Waals surface area contributed by atoms with Gasteiger partial charge in [0.2, 0.25) is 5.91 Å². The molecule has 0 radical (unpaired) electrons. The zero-order chi connectivity index (χ0) is 14.5. The van der Waals surface area contributed by atoms with Gasteiger partial charge in [-0.1, -0.05) is 19.3 Å². The third-order valence-electron chi connectivity index (χ3n) is 3.66. The molecule has 2 rings (SSSR count). The van der Waals surface area contributed by atoms with Crippen molar-refractivity contribution < 1.29 is 14.7 Å². The minimum absolute atomic E-state index is 0.0586. The Morgan fingerprint density at radius 1 is 1.35 bits per heavy atom. The number of anilines is 1. The van der Waals surface area contributed by atoms with Crippen molar-refractivity contribution in [2.24, 2.45) is 5.92 Å². The summed E-state index contributed by atoms with van der Waals surface area (Å²) in [6, 6.07) is 0. The first-order valence-corrected chi connectivity index (χ1v) is 7.87. The number of hydrogen-bond acceptors (Lipinski definition) is 4. The van der Waals surface area contributed by atoms with Crippen molar-refractivity contribution in [1.29, 1.82) is 0 Å². The molecule has 1 fully saturated rings. The van der Waals surface area contributed by atoms with Gasteiger partial charge in [0, 0.05) is 10.8 Å². The molecule has 0 saturated heterocycles. The third-order valence-corrected chi connectivity index (χ3v) is 4.80. The number of carbonyl (C=O) groups excluding carboxylic acids is 1. The second-order valence-electron chi connectivity index (χ2n) is 5.25. The lowest BCUT2D eigenvalue weighted by Gasteiger charge is -2.19. The first-order valence-electron chi connectivity index (χ1n) is 7.05. The van der Waals surface area contributed by atoms with Crippen LogP contribution < -0.4 is 5.32 Å². The molecule has 110 valence electrons. The molecule has 2 N–H and O–H groups in total. The van der Waals surface area contributed by atoms with E-state index in [9.17, 15) is 9.59 Å². The van der Waals surface area contributed by atoms with Crippen LogP contribution in [0.5, 0.6) is 0 Å². The monoisotopic (exact) mass is 296 g/mol. The Morgan fingerprint density at radius 3 is 2.70 bits per heavy atom. The van der Waals surface area contributed by atoms with E-state index in [2.05, 4.69) is 10.3 Å². The van der Waals surface area contributed by atoms with E-state index in [0.29, 0.717) is 11.6 Å². The number of aryl methyl sites for hydroxylation is 2. The van der Waals surface area contributed by atoms with Crippen molar-refractivity contribution in [3.63, 3.8) is 0 Å². The number of rotatable bonds is 5. The standard InChI is InChI=1S/C14H20N2O3S/c1-9-11(7-8-12(17)18)20-14(15-9)16-13(19)10-5-3-2-4-6-10/h10H,2-8H2,1H3,(H,17,18)(H,15,16,19). The number of carboxylic acid groups (broad SMARTS) is 1. The average Bonchev–Trinajstić information content (AvgIpc) is 2.77. The van der Waals surface area contributed by atoms with Crippen LogP contribution in [0.15, 0.2) is 0 Å². The molecule has 0 aromatic carbocycles. The fraction of sp³-hybridized carbons (Fsp3) is 0.643. The topological polar surface area (TPSA) is 79.3 Å². The number of thiazole rings is 1. The third kappa shape index (κ3) is 4.03. The van der Waals surface area contributed by atoms with Gasteiger partial charge in [-0.3, -0.25) is 9.59 Å². The molecule has 6 heteroatoms. The summed E-state index contributed by atoms with van der Waals surface area (Å²) < 4.78 is 0. The molecule has 0 bridgehead atoms. The second kappa shape index (κ2) is 6.83. The molecular formula is C14H20N2O3S. The predicted octanol–water partition coefficient (Wildman–Crippen LogP) is 2.99. The molecule has 1 heterocycles. The molecular weight excluding hydrogens is 276 g/mol. The van der Waals surface area contributed by atoms with Crippen molar-refractivity contribution in [2.45, 2.75) is 51.9 Å². The van der Waals surface area contributed by atoms with Crippen LogP contribution in [0.2, 0.25) is 0 Å². The summed E-state index contributed by atoms with van der Waals surface area (Å²) in [5.74, 6) is -0.649. The highest BCUT2D eigenvalue weighted by molar-refractivity contribution is 7.15. The Hall–Kier alpha value is -1.43. The summed E-state index contributed by atoms with van der Waals surface area (Å²) in [6.45, 7) is 1.85. The maximum atomic E-state index is 12.1. The van der Waals surface area contributed by atoms with Gasteiger partial charge in [0.1, 0.15) is 0 Å². The van der Waals surface area contributed by atoms with Crippen LogP contribution >= 0.6 is 11.3 Å². The van der Waals surface area contributed by atoms with Crippen LogP contribution in [0.1, 0.15) is 49.1 Å². The number of nitrogens with zero attached hydrogens (tertiary/aromatic N) is 1. The molecule has 0 aliphatic heterocycles. The minimum Gasteiger partial charge on any atom is -0.481 e. The van der Waals surface area contributed by atoms with Crippen LogP contribution in [0.25, 0.3) is 0 Å². The molecule has 1 saturated carbocycles. The van der Waals surface area contributed by atoms with Crippen molar-refractivity contribution in [3.8, 4) is 0 Å². The first kappa shape index (κ1) is 15.0. The summed E-state index contributed by atoms with van der Waals surface area (Å²) in [5, 5.41) is 12.2. The molecule has 1 aromatic rings. The van der Waals surface area contributed by atoms with Gasteiger partial charge in [-0.05, 0) is 26.2 Å². The summed E-state index contributed by atoms with van der Waals surface area (Å²) in [6.07, 6.45) is 5.96. The summed E-state index contributed by atoms with van der Waals surface area (Å²) in [5.41, 5.74) is 0.815. The fourth-order valence-electron chi connectivity index (χ4n) is 2.51. The molecule has 1 aliphatic carbocycles. The summed E-state index contributed by atoms with van der Waals surface area (Å²) >= 11 is 1.39. The van der Waals surface area contributed by atoms with Crippen LogP contribution in [-0.4, -0.2) is 22.0 Å². The lowest BCUT2D eigenvalue weighted by molar-refractivity contribution is -0.137. The first-order chi connectivity index (χ1) is 9.56. The Labute approximate surface area is 122 Å². The Balaban J connectivity index is 1.93. The summed E-state index contributed by atoms with van der Waals surface area (Å²) in [4.78, 5) is 28.0. The Kier molecular flexibility index (Phi) is 5.11. The lowest BCUT2D eigenvalue weighted by Crippen LogP contribution is -2.24. The molecule has 20 heavy (non-hydrogen) atoms. The van der Waals surface area contributed by atoms with Gasteiger partial charge in [-0.2, -0.15) is 0 Å². The molecule has 5 nitrogen and oxygen atoms in total. The number of amides is 1. The van der Waals surface area contributed by atoms with E-state index in [-0.39, 0.29) is 18.2 Å². The number of aliphatic carboxylic acids is 1. The molecule has 1 amide bonds. The number of carbonyl (C=O) groups is 2. The Morgan fingerprint density at radius 2 is 2.05 bits per heavy atom. The quantitative estimate of drug-likeness (QED) is 0.875. The molecule has 0 spiro atoms. The maximum absolute atomic E-state index is 12.1. The van der Waals surface area contributed by atoms with Crippen molar-refractivity contribution >= 4 is 28.3 Å². The largest absolute Gasteiger partial charge is 0.481 e. The van der Waals surface area contributed by atoms with E-state index < -0.39 is 5.97 Å². The normalized spacial score (nSPS) is 16.1. The van der Waals surface area contributed by atoms with Crippen LogP contribution in [0.3, 0.4) is 0 Å². The molecule has 0 atom stereocenters. The van der Waals surface area contributed by atoms with Gasteiger partial charge in [0.05, 0.1) is 12.1 Å². The van der Waals surface area contributed by atoms with Crippen LogP contribution in [0, 0.1) is 12.8 Å². The average molecular weight is 296 g/mol. The Bertz CT molecular complexity index is 493. The zero-order valence-electron chi connectivity index (χ0n) is 11.6. The minimum atomic E-state index is -0.814. The van der Waals surface area contributed by atoms with Crippen molar-refractivity contribution in [2.75, 3.05) is 5.32 Å². The van der Waals surface area contributed by atoms with E-state index >= 15 is 0 Å². The van der Waals surface area contributed by atoms with E-state index in [1.807, 2.05) is 6.92 Å². The molecule has 1 aliphatic rings. The van der Waals surface area contributed by atoms with Gasteiger partial charge >= 0.3 is 5.97 Å². The van der Waals surface area contributed by atoms with E-state index in [4.69, 9.17) is 5.11 Å². The van der Waals surface area contributed by atoms with Crippen LogP contribution in [0.4, 0.5) is 5.13 Å². The highest BCUT2D eigenvalue weighted by Gasteiger charge is 2.22. The predicted molar refractivity (Wildman–Crippen MR) is 78.0 cm³/mol. The number of hydrogen-bond donors (Lipinski definition) is 2. The number of nitrogens with one attached hydrogen (secondary N) is 1. The zero-order valence-corrected chi connectivity index (χ0v) is 12.5. The molecule has 1 aromatic heterocycles. The van der Waals surface area contributed by atoms with Gasteiger partial charge in [0.15, 0.2) is 5.13 Å². The molecule has 0 unspecified atom stereocenters. The lowest BCUT2D eigenvalue weighted by atomic mass is 9.89.